The van der Waals surface area contributed by atoms with Gasteiger partial charge in [0.15, 0.2) is 0 Å². The molecule has 31 heavy (non-hydrogen) atoms. The SMILES string of the molecule is Cc1c(N2C(=O)N3CCC(C(C)(C)C)C3C2(O[Si](C)C)C(F)(F)F)ccc(C#N)c1F. The quantitative estimate of drug-likeness (QED) is 0.464. The van der Waals surface area contributed by atoms with Crippen molar-refractivity contribution in [3.63, 3.8) is 0 Å². The molecule has 0 N–H and O–H groups in total. The lowest BCUT2D eigenvalue weighted by molar-refractivity contribution is -0.260. The fourth-order valence-electron chi connectivity index (χ4n) is 4.86. The van der Waals surface area contributed by atoms with Crippen molar-refractivity contribution in [3.05, 3.63) is 29.1 Å². The Morgan fingerprint density at radius 1 is 1.26 bits per heavy atom. The molecule has 0 aliphatic carbocycles. The first kappa shape index (κ1) is 23.5. The van der Waals surface area contributed by atoms with Crippen LogP contribution in [0.1, 0.15) is 38.3 Å². The number of amides is 2. The number of rotatable bonds is 3. The highest BCUT2D eigenvalue weighted by Crippen LogP contribution is 2.56. The number of anilines is 1. The Morgan fingerprint density at radius 3 is 2.35 bits per heavy atom. The first-order chi connectivity index (χ1) is 14.2. The van der Waals surface area contributed by atoms with E-state index in [0.29, 0.717) is 11.3 Å². The number of hydrogen-bond donors (Lipinski definition) is 0. The minimum atomic E-state index is -4.94. The highest BCUT2D eigenvalue weighted by molar-refractivity contribution is 6.48. The van der Waals surface area contributed by atoms with Crippen LogP contribution in [0.2, 0.25) is 13.1 Å². The van der Waals surface area contributed by atoms with Crippen molar-refractivity contribution in [1.29, 1.82) is 5.26 Å². The summed E-state index contributed by atoms with van der Waals surface area (Å²) in [6, 6.07) is 1.85. The van der Waals surface area contributed by atoms with Gasteiger partial charge in [-0.05, 0) is 49.9 Å². The lowest BCUT2D eigenvalue weighted by atomic mass is 9.73. The van der Waals surface area contributed by atoms with Crippen LogP contribution in [0, 0.1) is 35.4 Å². The van der Waals surface area contributed by atoms with Crippen molar-refractivity contribution in [2.75, 3.05) is 11.4 Å². The predicted octanol–water partition coefficient (Wildman–Crippen LogP) is 5.21. The largest absolute Gasteiger partial charge is 0.438 e. The summed E-state index contributed by atoms with van der Waals surface area (Å²) < 4.78 is 65.4. The molecule has 0 aromatic heterocycles. The van der Waals surface area contributed by atoms with Gasteiger partial charge in [0.25, 0.3) is 5.72 Å². The highest BCUT2D eigenvalue weighted by Gasteiger charge is 2.76. The van der Waals surface area contributed by atoms with E-state index in [2.05, 4.69) is 0 Å². The molecular formula is C21H26F4N3O2Si. The predicted molar refractivity (Wildman–Crippen MR) is 109 cm³/mol. The van der Waals surface area contributed by atoms with E-state index in [1.54, 1.807) is 19.2 Å². The van der Waals surface area contributed by atoms with E-state index in [1.807, 2.05) is 20.8 Å². The van der Waals surface area contributed by atoms with E-state index in [1.165, 1.54) is 17.9 Å². The molecule has 2 saturated heterocycles. The highest BCUT2D eigenvalue weighted by atomic mass is 28.3. The van der Waals surface area contributed by atoms with Gasteiger partial charge in [-0.3, -0.25) is 4.90 Å². The van der Waals surface area contributed by atoms with Gasteiger partial charge in [-0.25, -0.2) is 9.18 Å². The van der Waals surface area contributed by atoms with Gasteiger partial charge in [-0.15, -0.1) is 0 Å². The van der Waals surface area contributed by atoms with Crippen molar-refractivity contribution in [1.82, 2.24) is 4.90 Å². The van der Waals surface area contributed by atoms with Gasteiger partial charge in [0.2, 0.25) is 9.04 Å². The molecule has 1 radical (unpaired) electrons. The van der Waals surface area contributed by atoms with Crippen LogP contribution in [-0.4, -0.2) is 44.5 Å². The summed E-state index contributed by atoms with van der Waals surface area (Å²) >= 11 is 0. The molecular weight excluding hydrogens is 430 g/mol. The molecule has 2 amide bonds. The number of benzene rings is 1. The van der Waals surface area contributed by atoms with Gasteiger partial charge in [0.05, 0.1) is 17.3 Å². The number of fused-ring (bicyclic) bond motifs is 1. The lowest BCUT2D eigenvalue weighted by Crippen LogP contribution is -2.67. The number of carbonyl (C=O) groups excluding carboxylic acids is 1. The van der Waals surface area contributed by atoms with Crippen LogP contribution in [-0.2, 0) is 4.43 Å². The minimum absolute atomic E-state index is 0.163. The van der Waals surface area contributed by atoms with Crippen LogP contribution in [0.3, 0.4) is 0 Å². The Balaban J connectivity index is 2.34. The standard InChI is InChI=1S/C21H26F4N3O2Si/c1-12-15(8-7-13(11-26)16(12)22)28-18(29)27-10-9-14(19(2,3)4)17(27)20(28,21(23,24)25)30-31(5)6/h7-8,14,17H,9-10H2,1-6H3. The topological polar surface area (TPSA) is 56.6 Å². The van der Waals surface area contributed by atoms with Crippen LogP contribution >= 0.6 is 0 Å². The molecule has 0 bridgehead atoms. The molecule has 3 rings (SSSR count). The van der Waals surface area contributed by atoms with Crippen molar-refractivity contribution in [3.8, 4) is 6.07 Å². The maximum absolute atomic E-state index is 15.0. The van der Waals surface area contributed by atoms with Crippen LogP contribution in [0.4, 0.5) is 28.0 Å². The molecule has 3 atom stereocenters. The van der Waals surface area contributed by atoms with Crippen molar-refractivity contribution < 1.29 is 26.8 Å². The molecule has 10 heteroatoms. The van der Waals surface area contributed by atoms with Gasteiger partial charge in [0, 0.05) is 12.1 Å². The molecule has 2 heterocycles. The Bertz CT molecular complexity index is 938. The zero-order valence-electron chi connectivity index (χ0n) is 18.4. The molecule has 1 aromatic carbocycles. The first-order valence-corrected chi connectivity index (χ1v) is 12.4. The maximum atomic E-state index is 15.0. The Hall–Kier alpha value is -2.12. The molecule has 5 nitrogen and oxygen atoms in total. The monoisotopic (exact) mass is 456 g/mol. The second-order valence-electron chi connectivity index (χ2n) is 9.40. The fraction of sp³-hybridized carbons (Fsp3) is 0.619. The van der Waals surface area contributed by atoms with Crippen molar-refractivity contribution in [2.24, 2.45) is 11.3 Å². The average Bonchev–Trinajstić information content (AvgIpc) is 3.16. The number of halogens is 4. The molecule has 0 saturated carbocycles. The molecule has 1 aromatic rings. The summed E-state index contributed by atoms with van der Waals surface area (Å²) in [5.74, 6) is -1.42. The molecule has 2 aliphatic rings. The van der Waals surface area contributed by atoms with E-state index in [9.17, 15) is 22.4 Å². The van der Waals surface area contributed by atoms with Gasteiger partial charge in [0.1, 0.15) is 11.9 Å². The number of alkyl halides is 3. The summed E-state index contributed by atoms with van der Waals surface area (Å²) in [6.07, 6.45) is -4.51. The summed E-state index contributed by atoms with van der Waals surface area (Å²) in [5.41, 5.74) is -4.19. The Morgan fingerprint density at radius 2 is 1.87 bits per heavy atom. The minimum Gasteiger partial charge on any atom is -0.386 e. The molecule has 3 unspecified atom stereocenters. The smallest absolute Gasteiger partial charge is 0.386 e. The van der Waals surface area contributed by atoms with Crippen LogP contribution in [0.15, 0.2) is 12.1 Å². The number of nitriles is 1. The molecule has 2 fully saturated rings. The van der Waals surface area contributed by atoms with Gasteiger partial charge in [-0.2, -0.15) is 18.4 Å². The third-order valence-electron chi connectivity index (χ3n) is 6.17. The maximum Gasteiger partial charge on any atom is 0.438 e. The van der Waals surface area contributed by atoms with E-state index in [0.717, 1.165) is 6.07 Å². The van der Waals surface area contributed by atoms with Gasteiger partial charge >= 0.3 is 12.2 Å². The third kappa shape index (κ3) is 3.42. The van der Waals surface area contributed by atoms with Gasteiger partial charge < -0.3 is 9.33 Å². The second-order valence-corrected chi connectivity index (χ2v) is 11.4. The Kier molecular flexibility index (Phi) is 5.68. The summed E-state index contributed by atoms with van der Waals surface area (Å²) in [5, 5.41) is 9.08. The van der Waals surface area contributed by atoms with E-state index in [-0.39, 0.29) is 23.4 Å². The zero-order valence-corrected chi connectivity index (χ0v) is 19.4. The van der Waals surface area contributed by atoms with Crippen LogP contribution < -0.4 is 4.90 Å². The molecule has 2 aliphatic heterocycles. The first-order valence-electron chi connectivity index (χ1n) is 10.0. The number of urea groups is 1. The van der Waals surface area contributed by atoms with E-state index < -0.39 is 50.2 Å². The number of nitrogens with zero attached hydrogens (tertiary/aromatic N) is 3. The summed E-state index contributed by atoms with van der Waals surface area (Å²) in [4.78, 5) is 15.2. The normalized spacial score (nSPS) is 26.6. The lowest BCUT2D eigenvalue weighted by Gasteiger charge is -2.46. The van der Waals surface area contributed by atoms with Gasteiger partial charge in [-0.1, -0.05) is 20.8 Å². The summed E-state index contributed by atoms with van der Waals surface area (Å²) in [6.45, 7) is 10.2. The van der Waals surface area contributed by atoms with Crippen LogP contribution in [0.5, 0.6) is 0 Å². The fourth-order valence-corrected chi connectivity index (χ4v) is 5.81. The number of carbonyl (C=O) groups is 1. The van der Waals surface area contributed by atoms with E-state index in [4.69, 9.17) is 9.69 Å². The molecule has 169 valence electrons. The van der Waals surface area contributed by atoms with Crippen molar-refractivity contribution >= 4 is 20.8 Å². The average molecular weight is 457 g/mol. The van der Waals surface area contributed by atoms with Crippen molar-refractivity contribution in [2.45, 2.75) is 65.2 Å². The summed E-state index contributed by atoms with van der Waals surface area (Å²) in [7, 11) is -1.95. The second kappa shape index (κ2) is 7.48. The van der Waals surface area contributed by atoms with Crippen LogP contribution in [0.25, 0.3) is 0 Å². The third-order valence-corrected chi connectivity index (χ3v) is 6.88. The molecule has 0 spiro atoms. The zero-order chi connectivity index (χ0) is 23.5. The number of hydrogen-bond acceptors (Lipinski definition) is 3. The Labute approximate surface area is 181 Å². The van der Waals surface area contributed by atoms with E-state index >= 15 is 0 Å².